The number of anilines is 1. The van der Waals surface area contributed by atoms with Gasteiger partial charge in [-0.1, -0.05) is 24.3 Å². The van der Waals surface area contributed by atoms with Crippen LogP contribution >= 0.6 is 0 Å². The fraction of sp³-hybridized carbons (Fsp3) is 0.208. The monoisotopic (exact) mass is 389 g/mol. The second-order valence-electron chi connectivity index (χ2n) is 7.19. The lowest BCUT2D eigenvalue weighted by Gasteiger charge is -2.10. The molecule has 0 aromatic heterocycles. The summed E-state index contributed by atoms with van der Waals surface area (Å²) in [6.45, 7) is 0.667. The van der Waals surface area contributed by atoms with Crippen LogP contribution in [0.3, 0.4) is 0 Å². The lowest BCUT2D eigenvalue weighted by atomic mass is 10.1. The van der Waals surface area contributed by atoms with Crippen molar-refractivity contribution >= 4 is 11.7 Å². The first-order valence-electron chi connectivity index (χ1n) is 9.60. The Balaban J connectivity index is 1.34. The van der Waals surface area contributed by atoms with Crippen molar-refractivity contribution in [2.45, 2.75) is 18.9 Å². The van der Waals surface area contributed by atoms with Gasteiger partial charge in [0.25, 0.3) is 0 Å². The second-order valence-corrected chi connectivity index (χ2v) is 7.19. The van der Waals surface area contributed by atoms with Crippen LogP contribution in [0.4, 0.5) is 5.69 Å². The zero-order valence-electron chi connectivity index (χ0n) is 16.2. The number of ether oxygens (including phenoxy) is 2. The maximum Gasteiger partial charge on any atom is 0.307 e. The quantitative estimate of drug-likeness (QED) is 0.548. The summed E-state index contributed by atoms with van der Waals surface area (Å²) in [4.78, 5) is 11.0. The number of benzene rings is 3. The molecule has 1 saturated carbocycles. The predicted molar refractivity (Wildman–Crippen MR) is 112 cm³/mol. The van der Waals surface area contributed by atoms with Crippen molar-refractivity contribution in [3.05, 3.63) is 83.9 Å². The highest BCUT2D eigenvalue weighted by Crippen LogP contribution is 2.47. The smallest absolute Gasteiger partial charge is 0.307 e. The zero-order chi connectivity index (χ0) is 20.2. The molecule has 1 fully saturated rings. The Bertz CT molecular complexity index is 983. The summed E-state index contributed by atoms with van der Waals surface area (Å²) in [5.41, 5.74) is 3.20. The third-order valence-electron chi connectivity index (χ3n) is 5.14. The molecular formula is C24H23NO4. The highest BCUT2D eigenvalue weighted by atomic mass is 16.5. The van der Waals surface area contributed by atoms with E-state index in [2.05, 4.69) is 5.32 Å². The van der Waals surface area contributed by atoms with Crippen LogP contribution in [-0.2, 0) is 11.3 Å². The normalized spacial score (nSPS) is 17.4. The Kier molecular flexibility index (Phi) is 5.38. The molecular weight excluding hydrogens is 366 g/mol. The molecule has 0 amide bonds. The number of carbonyl (C=O) groups is 1. The van der Waals surface area contributed by atoms with Crippen LogP contribution in [-0.4, -0.2) is 18.2 Å². The van der Waals surface area contributed by atoms with E-state index in [1.54, 1.807) is 7.11 Å². The van der Waals surface area contributed by atoms with Gasteiger partial charge in [0.1, 0.15) is 17.2 Å². The van der Waals surface area contributed by atoms with E-state index in [9.17, 15) is 4.79 Å². The van der Waals surface area contributed by atoms with E-state index in [0.29, 0.717) is 6.54 Å². The molecule has 1 aliphatic rings. The van der Waals surface area contributed by atoms with Crippen LogP contribution in [0.25, 0.3) is 0 Å². The molecule has 2 unspecified atom stereocenters. The minimum absolute atomic E-state index is 0.160. The van der Waals surface area contributed by atoms with Crippen LogP contribution in [0.5, 0.6) is 17.2 Å². The van der Waals surface area contributed by atoms with E-state index in [4.69, 9.17) is 14.6 Å². The van der Waals surface area contributed by atoms with Crippen molar-refractivity contribution in [3.8, 4) is 17.2 Å². The number of methoxy groups -OCH3 is 1. The van der Waals surface area contributed by atoms with E-state index in [1.165, 1.54) is 0 Å². The molecule has 2 atom stereocenters. The molecule has 0 bridgehead atoms. The maximum absolute atomic E-state index is 11.0. The zero-order valence-corrected chi connectivity index (χ0v) is 16.2. The number of carboxylic acids is 1. The van der Waals surface area contributed by atoms with Gasteiger partial charge in [-0.05, 0) is 72.0 Å². The van der Waals surface area contributed by atoms with E-state index >= 15 is 0 Å². The maximum atomic E-state index is 11.0. The largest absolute Gasteiger partial charge is 0.497 e. The fourth-order valence-corrected chi connectivity index (χ4v) is 3.39. The van der Waals surface area contributed by atoms with Crippen LogP contribution in [0.15, 0.2) is 72.8 Å². The average molecular weight is 389 g/mol. The first kappa shape index (κ1) is 18.9. The summed E-state index contributed by atoms with van der Waals surface area (Å²) in [5.74, 6) is 1.57. The van der Waals surface area contributed by atoms with Gasteiger partial charge in [0.2, 0.25) is 0 Å². The lowest BCUT2D eigenvalue weighted by molar-refractivity contribution is -0.138. The summed E-state index contributed by atoms with van der Waals surface area (Å²) >= 11 is 0. The summed E-state index contributed by atoms with van der Waals surface area (Å²) in [6, 6.07) is 23.5. The van der Waals surface area contributed by atoms with E-state index < -0.39 is 5.97 Å². The van der Waals surface area contributed by atoms with Gasteiger partial charge < -0.3 is 19.9 Å². The lowest BCUT2D eigenvalue weighted by Crippen LogP contribution is -2.00. The molecule has 4 rings (SSSR count). The molecule has 3 aromatic rings. The molecule has 0 saturated heterocycles. The van der Waals surface area contributed by atoms with Crippen molar-refractivity contribution in [1.82, 2.24) is 0 Å². The van der Waals surface area contributed by atoms with Gasteiger partial charge in [0, 0.05) is 12.2 Å². The van der Waals surface area contributed by atoms with Gasteiger partial charge in [-0.2, -0.15) is 0 Å². The molecule has 5 nitrogen and oxygen atoms in total. The van der Waals surface area contributed by atoms with Gasteiger partial charge in [0.15, 0.2) is 0 Å². The van der Waals surface area contributed by atoms with E-state index in [1.807, 2.05) is 72.8 Å². The molecule has 5 heteroatoms. The van der Waals surface area contributed by atoms with E-state index in [-0.39, 0.29) is 11.8 Å². The Morgan fingerprint density at radius 1 is 1.00 bits per heavy atom. The Morgan fingerprint density at radius 2 is 1.72 bits per heavy atom. The second kappa shape index (κ2) is 8.27. The van der Waals surface area contributed by atoms with Crippen LogP contribution < -0.4 is 14.8 Å². The van der Waals surface area contributed by atoms with Gasteiger partial charge in [0.05, 0.1) is 13.0 Å². The SMILES string of the molecule is COc1ccc(Oc2cccc(CNc3ccc(C4CC4C(=O)O)cc3)c2)cc1. The Labute approximate surface area is 169 Å². The topological polar surface area (TPSA) is 67.8 Å². The van der Waals surface area contributed by atoms with Gasteiger partial charge in [-0.3, -0.25) is 4.79 Å². The number of hydrogen-bond donors (Lipinski definition) is 2. The first-order valence-corrected chi connectivity index (χ1v) is 9.60. The average Bonchev–Trinajstić information content (AvgIpc) is 3.55. The number of aliphatic carboxylic acids is 1. The summed E-state index contributed by atoms with van der Waals surface area (Å²) < 4.78 is 11.1. The van der Waals surface area contributed by atoms with Crippen LogP contribution in [0, 0.1) is 5.92 Å². The standard InChI is InChI=1S/C24H23NO4/c1-28-19-9-11-20(12-10-19)29-21-4-2-3-16(13-21)15-25-18-7-5-17(6-8-18)22-14-23(22)24(26)27/h2-13,22-23,25H,14-15H2,1H3,(H,26,27). The Hall–Kier alpha value is -3.47. The minimum atomic E-state index is -0.700. The number of nitrogens with one attached hydrogen (secondary N) is 1. The molecule has 3 aromatic carbocycles. The van der Waals surface area contributed by atoms with Crippen molar-refractivity contribution in [1.29, 1.82) is 0 Å². The summed E-state index contributed by atoms with van der Waals surface area (Å²) in [7, 11) is 1.64. The molecule has 2 N–H and O–H groups in total. The third kappa shape index (κ3) is 4.69. The molecule has 29 heavy (non-hydrogen) atoms. The van der Waals surface area contributed by atoms with Crippen molar-refractivity contribution < 1.29 is 19.4 Å². The van der Waals surface area contributed by atoms with E-state index in [0.717, 1.165) is 40.5 Å². The fourth-order valence-electron chi connectivity index (χ4n) is 3.39. The van der Waals surface area contributed by atoms with Crippen molar-refractivity contribution in [3.63, 3.8) is 0 Å². The molecule has 148 valence electrons. The summed E-state index contributed by atoms with van der Waals surface area (Å²) in [5, 5.41) is 12.5. The summed E-state index contributed by atoms with van der Waals surface area (Å²) in [6.07, 6.45) is 0.739. The van der Waals surface area contributed by atoms with Gasteiger partial charge in [-0.25, -0.2) is 0 Å². The highest BCUT2D eigenvalue weighted by molar-refractivity contribution is 5.75. The van der Waals surface area contributed by atoms with Crippen molar-refractivity contribution in [2.24, 2.45) is 5.92 Å². The third-order valence-corrected chi connectivity index (χ3v) is 5.14. The first-order chi connectivity index (χ1) is 14.1. The molecule has 0 spiro atoms. The highest BCUT2D eigenvalue weighted by Gasteiger charge is 2.43. The number of hydrogen-bond acceptors (Lipinski definition) is 4. The number of carboxylic acid groups (broad SMARTS) is 1. The molecule has 1 aliphatic carbocycles. The van der Waals surface area contributed by atoms with Gasteiger partial charge in [-0.15, -0.1) is 0 Å². The van der Waals surface area contributed by atoms with Gasteiger partial charge >= 0.3 is 5.97 Å². The van der Waals surface area contributed by atoms with Crippen molar-refractivity contribution in [2.75, 3.05) is 12.4 Å². The minimum Gasteiger partial charge on any atom is -0.497 e. The molecule has 0 aliphatic heterocycles. The predicted octanol–water partition coefficient (Wildman–Crippen LogP) is 5.29. The molecule has 0 radical (unpaired) electrons. The van der Waals surface area contributed by atoms with Crippen LogP contribution in [0.1, 0.15) is 23.5 Å². The molecule has 0 heterocycles. The van der Waals surface area contributed by atoms with Crippen LogP contribution in [0.2, 0.25) is 0 Å². The number of rotatable bonds is 8. The Morgan fingerprint density at radius 3 is 2.38 bits per heavy atom.